The Kier molecular flexibility index (Phi) is 3.50. The van der Waals surface area contributed by atoms with Crippen molar-refractivity contribution >= 4 is 17.7 Å². The van der Waals surface area contributed by atoms with Crippen LogP contribution in [-0.4, -0.2) is 27.7 Å². The van der Waals surface area contributed by atoms with Crippen molar-refractivity contribution in [1.29, 1.82) is 0 Å². The fourth-order valence-electron chi connectivity index (χ4n) is 0.541. The van der Waals surface area contributed by atoms with E-state index >= 15 is 0 Å². The molecule has 0 N–H and O–H groups in total. The quantitative estimate of drug-likeness (QED) is 0.467. The number of hydrogen-bond donors (Lipinski definition) is 0. The van der Waals surface area contributed by atoms with Crippen LogP contribution >= 0.6 is 0 Å². The largest absolute Gasteiger partial charge is 0.365 e. The van der Waals surface area contributed by atoms with Crippen molar-refractivity contribution < 1.29 is 16.9 Å². The summed E-state index contributed by atoms with van der Waals surface area (Å²) in [4.78, 5) is 0. The fourth-order valence-corrected chi connectivity index (χ4v) is 1.43. The number of rotatable bonds is 4. The van der Waals surface area contributed by atoms with Gasteiger partial charge in [-0.05, 0) is 13.3 Å². The summed E-state index contributed by atoms with van der Waals surface area (Å²) in [5, 5.41) is 0. The monoisotopic (exact) mass is 182 g/mol. The molecule has 0 aromatic rings. The number of hydrogen-bond acceptors (Lipinski definition) is 3. The lowest BCUT2D eigenvalue weighted by Crippen LogP contribution is -2.35. The Hall–Kier alpha value is -0.0951. The summed E-state index contributed by atoms with van der Waals surface area (Å²) in [6.07, 6.45) is 1.24. The Morgan fingerprint density at radius 3 is 2.18 bits per heavy atom. The van der Waals surface area contributed by atoms with E-state index in [2.05, 4.69) is 4.18 Å². The van der Waals surface area contributed by atoms with Crippen LogP contribution in [0.3, 0.4) is 0 Å². The van der Waals surface area contributed by atoms with Crippen LogP contribution < -0.4 is 0 Å². The molecular weight excluding hydrogens is 170 g/mol. The van der Waals surface area contributed by atoms with E-state index in [4.69, 9.17) is 0 Å². The van der Waals surface area contributed by atoms with Crippen molar-refractivity contribution in [3.05, 3.63) is 0 Å². The van der Waals surface area contributed by atoms with Crippen molar-refractivity contribution in [3.8, 4) is 0 Å². The van der Waals surface area contributed by atoms with E-state index in [-0.39, 0.29) is 0 Å². The molecule has 3 nitrogen and oxygen atoms in total. The lowest BCUT2D eigenvalue weighted by atomic mass is 9.77. The highest BCUT2D eigenvalue weighted by Crippen LogP contribution is 2.16. The van der Waals surface area contributed by atoms with Crippen LogP contribution in [0.2, 0.25) is 0 Å². The van der Waals surface area contributed by atoms with Gasteiger partial charge in [0.2, 0.25) is 0 Å². The molecule has 0 amide bonds. The second-order valence-electron chi connectivity index (χ2n) is 2.72. The van der Waals surface area contributed by atoms with Gasteiger partial charge in [-0.3, -0.25) is 4.18 Å². The SMILES string of the molecule is CCC(C)(BF)OS(C)(=O)=O. The van der Waals surface area contributed by atoms with Gasteiger partial charge in [-0.2, -0.15) is 8.42 Å². The zero-order valence-electron chi connectivity index (χ0n) is 6.93. The van der Waals surface area contributed by atoms with Gasteiger partial charge < -0.3 is 4.32 Å². The van der Waals surface area contributed by atoms with Crippen LogP contribution in [0, 0.1) is 0 Å². The first kappa shape index (κ1) is 10.9. The highest BCUT2D eigenvalue weighted by atomic mass is 32.2. The molecular formula is C5H12BFO3S. The summed E-state index contributed by atoms with van der Waals surface area (Å²) in [5.41, 5.74) is -1.19. The molecule has 0 saturated carbocycles. The summed E-state index contributed by atoms with van der Waals surface area (Å²) in [5.74, 6) is 0. The van der Waals surface area contributed by atoms with Gasteiger partial charge >= 0.3 is 7.56 Å². The minimum Gasteiger partial charge on any atom is -0.338 e. The van der Waals surface area contributed by atoms with Gasteiger partial charge in [-0.15, -0.1) is 0 Å². The van der Waals surface area contributed by atoms with Gasteiger partial charge in [0.15, 0.2) is 0 Å². The zero-order chi connectivity index (χ0) is 9.12. The molecule has 0 radical (unpaired) electrons. The fraction of sp³-hybridized carbons (Fsp3) is 1.00. The molecule has 0 aliphatic carbocycles. The van der Waals surface area contributed by atoms with Crippen molar-refractivity contribution in [2.75, 3.05) is 6.26 Å². The second kappa shape index (κ2) is 3.54. The third-order valence-corrected chi connectivity index (χ3v) is 2.09. The van der Waals surface area contributed by atoms with Gasteiger partial charge in [-0.25, -0.2) is 0 Å². The standard InChI is InChI=1S/C5H12BFO3S/c1-4-5(2,6-7)10-11(3,8)9/h6H,4H2,1-3H3. The van der Waals surface area contributed by atoms with E-state index in [1.165, 1.54) is 6.92 Å². The first-order valence-corrected chi connectivity index (χ1v) is 5.11. The molecule has 1 unspecified atom stereocenters. The molecule has 0 bridgehead atoms. The molecule has 0 rings (SSSR count). The van der Waals surface area contributed by atoms with Crippen LogP contribution in [0.25, 0.3) is 0 Å². The van der Waals surface area contributed by atoms with Crippen LogP contribution in [0.1, 0.15) is 20.3 Å². The zero-order valence-corrected chi connectivity index (χ0v) is 7.74. The normalized spacial score (nSPS) is 17.5. The van der Waals surface area contributed by atoms with Crippen molar-refractivity contribution in [2.24, 2.45) is 0 Å². The van der Waals surface area contributed by atoms with Gasteiger partial charge in [0, 0.05) is 0 Å². The third-order valence-electron chi connectivity index (χ3n) is 1.38. The maximum Gasteiger partial charge on any atom is 0.365 e. The molecule has 11 heavy (non-hydrogen) atoms. The summed E-state index contributed by atoms with van der Waals surface area (Å²) in [6, 6.07) is 0. The molecule has 0 saturated heterocycles. The highest BCUT2D eigenvalue weighted by molar-refractivity contribution is 7.86. The van der Waals surface area contributed by atoms with Gasteiger partial charge in [0.1, 0.15) is 0 Å². The Balaban J connectivity index is 4.32. The molecule has 0 spiro atoms. The van der Waals surface area contributed by atoms with Crippen LogP contribution in [0.5, 0.6) is 0 Å². The van der Waals surface area contributed by atoms with Crippen LogP contribution in [0.15, 0.2) is 0 Å². The van der Waals surface area contributed by atoms with Crippen molar-refractivity contribution in [1.82, 2.24) is 0 Å². The van der Waals surface area contributed by atoms with Gasteiger partial charge in [0.25, 0.3) is 10.1 Å². The molecule has 66 valence electrons. The van der Waals surface area contributed by atoms with E-state index in [1.807, 2.05) is 0 Å². The molecule has 1 atom stereocenters. The predicted octanol–water partition coefficient (Wildman–Crippen LogP) is 0.410. The lowest BCUT2D eigenvalue weighted by molar-refractivity contribution is 0.171. The first-order chi connectivity index (χ1) is 4.83. The van der Waals surface area contributed by atoms with E-state index in [1.54, 1.807) is 6.92 Å². The Labute approximate surface area is 67.3 Å². The van der Waals surface area contributed by atoms with Gasteiger partial charge in [-0.1, -0.05) is 6.92 Å². The maximum atomic E-state index is 12.2. The molecule has 0 aliphatic rings. The molecule has 0 fully saturated rings. The highest BCUT2D eigenvalue weighted by Gasteiger charge is 2.29. The molecule has 0 aliphatic heterocycles. The smallest absolute Gasteiger partial charge is 0.338 e. The van der Waals surface area contributed by atoms with Crippen LogP contribution in [0.4, 0.5) is 4.32 Å². The van der Waals surface area contributed by atoms with Crippen molar-refractivity contribution in [2.45, 2.75) is 25.8 Å². The molecule has 0 aromatic heterocycles. The van der Waals surface area contributed by atoms with Gasteiger partial charge in [0.05, 0.1) is 11.8 Å². The van der Waals surface area contributed by atoms with E-state index in [9.17, 15) is 12.7 Å². The summed E-state index contributed by atoms with van der Waals surface area (Å²) in [6.45, 7) is 3.10. The maximum absolute atomic E-state index is 12.2. The summed E-state index contributed by atoms with van der Waals surface area (Å²) >= 11 is 0. The first-order valence-electron chi connectivity index (χ1n) is 3.29. The molecule has 6 heteroatoms. The topological polar surface area (TPSA) is 43.4 Å². The molecule has 0 heterocycles. The van der Waals surface area contributed by atoms with E-state index in [0.29, 0.717) is 6.42 Å². The second-order valence-corrected chi connectivity index (χ2v) is 4.30. The average molecular weight is 182 g/mol. The van der Waals surface area contributed by atoms with E-state index in [0.717, 1.165) is 6.26 Å². The Bertz CT molecular complexity index is 210. The van der Waals surface area contributed by atoms with Crippen LogP contribution in [-0.2, 0) is 14.3 Å². The minimum absolute atomic E-state index is 0.330. The number of halogens is 1. The Morgan fingerprint density at radius 2 is 2.09 bits per heavy atom. The lowest BCUT2D eigenvalue weighted by Gasteiger charge is -2.21. The van der Waals surface area contributed by atoms with E-state index < -0.39 is 23.2 Å². The third kappa shape index (κ3) is 4.37. The summed E-state index contributed by atoms with van der Waals surface area (Å²) < 4.78 is 37.9. The van der Waals surface area contributed by atoms with Crippen molar-refractivity contribution in [3.63, 3.8) is 0 Å². The Morgan fingerprint density at radius 1 is 1.64 bits per heavy atom. The predicted molar refractivity (Wildman–Crippen MR) is 42.9 cm³/mol. The molecule has 0 aromatic carbocycles. The minimum atomic E-state index is -3.55. The average Bonchev–Trinajstić information content (AvgIpc) is 1.84. The summed E-state index contributed by atoms with van der Waals surface area (Å²) in [7, 11) is -4.34.